The number of nitrogens with zero attached hydrogens (tertiary/aromatic N) is 4. The van der Waals surface area contributed by atoms with Gasteiger partial charge in [-0.05, 0) is 43.3 Å². The lowest BCUT2D eigenvalue weighted by Crippen LogP contribution is -2.26. The summed E-state index contributed by atoms with van der Waals surface area (Å²) in [5.74, 6) is -1.01. The Bertz CT molecular complexity index is 1300. The van der Waals surface area contributed by atoms with Crippen LogP contribution in [0.5, 0.6) is 0 Å². The van der Waals surface area contributed by atoms with Crippen LogP contribution in [0, 0.1) is 0 Å². The fraction of sp³-hybridized carbons (Fsp3) is 0.150. The highest BCUT2D eigenvalue weighted by Crippen LogP contribution is 2.19. The molecule has 2 aromatic heterocycles. The van der Waals surface area contributed by atoms with Crippen LogP contribution < -0.4 is 16.8 Å². The Morgan fingerprint density at radius 3 is 2.71 bits per heavy atom. The Morgan fingerprint density at radius 1 is 1.19 bits per heavy atom. The highest BCUT2D eigenvalue weighted by molar-refractivity contribution is 6.30. The van der Waals surface area contributed by atoms with Gasteiger partial charge in [0.05, 0.1) is 5.52 Å². The summed E-state index contributed by atoms with van der Waals surface area (Å²) in [5, 5.41) is 3.56. The first-order valence-electron chi connectivity index (χ1n) is 9.20. The number of benzene rings is 2. The maximum Gasteiger partial charge on any atom is 0.420 e. The number of fused-ring (bicyclic) bond motifs is 1. The number of nitrogens with two attached hydrogens (primary N) is 1. The zero-order valence-corrected chi connectivity index (χ0v) is 17.0. The van der Waals surface area contributed by atoms with Crippen LogP contribution >= 0.6 is 11.6 Å². The highest BCUT2D eigenvalue weighted by atomic mass is 35.5. The van der Waals surface area contributed by atoms with Crippen LogP contribution in [-0.2, 0) is 16.1 Å². The third-order valence-electron chi connectivity index (χ3n) is 4.39. The molecule has 0 fully saturated rings. The van der Waals surface area contributed by atoms with Crippen molar-refractivity contribution in [2.24, 2.45) is 0 Å². The van der Waals surface area contributed by atoms with E-state index >= 15 is 0 Å². The first-order valence-corrected chi connectivity index (χ1v) is 9.58. The van der Waals surface area contributed by atoms with Crippen LogP contribution in [0.3, 0.4) is 0 Å². The number of hydrogen-bond donors (Lipinski definition) is 2. The number of rotatable bonds is 6. The molecule has 0 aliphatic heterocycles. The van der Waals surface area contributed by atoms with Crippen molar-refractivity contribution in [3.8, 4) is 0 Å². The number of nitrogens with one attached hydrogen (secondary N) is 1. The second-order valence-electron chi connectivity index (χ2n) is 6.55. The Morgan fingerprint density at radius 2 is 1.94 bits per heavy atom. The number of halogens is 1. The predicted octanol–water partition coefficient (Wildman–Crippen LogP) is 3.06. The molecule has 11 heteroatoms. The van der Waals surface area contributed by atoms with Crippen molar-refractivity contribution < 1.29 is 13.9 Å². The van der Waals surface area contributed by atoms with Crippen molar-refractivity contribution >= 4 is 46.3 Å². The van der Waals surface area contributed by atoms with Crippen molar-refractivity contribution in [1.82, 2.24) is 19.5 Å². The summed E-state index contributed by atoms with van der Waals surface area (Å²) in [7, 11) is 0. The van der Waals surface area contributed by atoms with Crippen LogP contribution in [-0.4, -0.2) is 25.5 Å². The van der Waals surface area contributed by atoms with Crippen molar-refractivity contribution in [1.29, 1.82) is 0 Å². The van der Waals surface area contributed by atoms with E-state index in [1.807, 2.05) is 0 Å². The predicted molar refractivity (Wildman–Crippen MR) is 114 cm³/mol. The minimum atomic E-state index is -0.915. The number of carbonyl (C=O) groups is 1. The van der Waals surface area contributed by atoms with Gasteiger partial charge in [0.15, 0.2) is 18.0 Å². The Balaban J connectivity index is 1.47. The van der Waals surface area contributed by atoms with Crippen molar-refractivity contribution in [2.45, 2.75) is 19.6 Å². The van der Waals surface area contributed by atoms with Gasteiger partial charge in [-0.15, -0.1) is 0 Å². The molecule has 0 amide bonds. The smallest absolute Gasteiger partial charge is 0.420 e. The Hall–Kier alpha value is -3.92. The number of nitrogen functional groups attached to an aromatic ring is 1. The summed E-state index contributed by atoms with van der Waals surface area (Å²) in [5.41, 5.74) is 7.31. The molecule has 0 spiro atoms. The molecule has 10 nitrogen and oxygen atoms in total. The molecule has 4 rings (SSSR count). The van der Waals surface area contributed by atoms with E-state index in [-0.39, 0.29) is 24.3 Å². The molecular weight excluding hydrogens is 424 g/mol. The maximum absolute atomic E-state index is 12.5. The molecule has 158 valence electrons. The standard InChI is InChI=1S/C20H17ClN6O4/c1-11(27-14-4-2-3-5-15(14)31-20(27)29)17(28)30-10-16-24-18(22)26-19(25-16)23-13-8-6-12(21)7-9-13/h2-9,11H,10H2,1H3,(H3,22,23,24,25,26)/t11-/m1/s1. The van der Waals surface area contributed by atoms with Gasteiger partial charge in [-0.25, -0.2) is 9.59 Å². The van der Waals surface area contributed by atoms with E-state index in [2.05, 4.69) is 20.3 Å². The van der Waals surface area contributed by atoms with Gasteiger partial charge < -0.3 is 20.2 Å². The second-order valence-corrected chi connectivity index (χ2v) is 6.99. The van der Waals surface area contributed by atoms with Gasteiger partial charge in [-0.1, -0.05) is 23.7 Å². The van der Waals surface area contributed by atoms with E-state index in [1.165, 1.54) is 4.57 Å². The molecule has 0 saturated carbocycles. The van der Waals surface area contributed by atoms with Gasteiger partial charge >= 0.3 is 11.7 Å². The van der Waals surface area contributed by atoms with E-state index < -0.39 is 17.8 Å². The quantitative estimate of drug-likeness (QED) is 0.433. The van der Waals surface area contributed by atoms with Gasteiger partial charge in [-0.3, -0.25) is 4.57 Å². The van der Waals surface area contributed by atoms with Gasteiger partial charge in [0.2, 0.25) is 11.9 Å². The van der Waals surface area contributed by atoms with Crippen molar-refractivity contribution in [2.75, 3.05) is 11.1 Å². The van der Waals surface area contributed by atoms with E-state index in [0.29, 0.717) is 21.8 Å². The topological polar surface area (TPSA) is 138 Å². The highest BCUT2D eigenvalue weighted by Gasteiger charge is 2.23. The summed E-state index contributed by atoms with van der Waals surface area (Å²) in [4.78, 5) is 36.9. The number of hydrogen-bond acceptors (Lipinski definition) is 9. The molecule has 2 heterocycles. The van der Waals surface area contributed by atoms with Crippen LogP contribution in [0.1, 0.15) is 18.8 Å². The monoisotopic (exact) mass is 440 g/mol. The van der Waals surface area contributed by atoms with Crippen LogP contribution in [0.25, 0.3) is 11.1 Å². The number of ether oxygens (including phenoxy) is 1. The van der Waals surface area contributed by atoms with Crippen LogP contribution in [0.15, 0.2) is 57.7 Å². The summed E-state index contributed by atoms with van der Waals surface area (Å²) in [6.07, 6.45) is 0. The summed E-state index contributed by atoms with van der Waals surface area (Å²) in [6.45, 7) is 1.29. The number of anilines is 3. The molecule has 3 N–H and O–H groups in total. The Kier molecular flexibility index (Phi) is 5.54. The number of oxazole rings is 1. The summed E-state index contributed by atoms with van der Waals surface area (Å²) >= 11 is 5.88. The lowest BCUT2D eigenvalue weighted by atomic mass is 10.3. The first kappa shape index (κ1) is 20.4. The molecule has 0 aliphatic carbocycles. The van der Waals surface area contributed by atoms with E-state index in [9.17, 15) is 9.59 Å². The molecule has 0 bridgehead atoms. The third kappa shape index (κ3) is 4.48. The normalized spacial score (nSPS) is 11.9. The van der Waals surface area contributed by atoms with Gasteiger partial charge in [0, 0.05) is 10.7 Å². The third-order valence-corrected chi connectivity index (χ3v) is 4.64. The van der Waals surface area contributed by atoms with E-state index in [1.54, 1.807) is 55.5 Å². The molecule has 31 heavy (non-hydrogen) atoms. The molecule has 1 atom stereocenters. The fourth-order valence-corrected chi connectivity index (χ4v) is 3.06. The Labute approximate surface area is 180 Å². The zero-order chi connectivity index (χ0) is 22.0. The van der Waals surface area contributed by atoms with Crippen LogP contribution in [0.2, 0.25) is 5.02 Å². The minimum absolute atomic E-state index is 0.0393. The van der Waals surface area contributed by atoms with Gasteiger partial charge in [0.1, 0.15) is 6.04 Å². The minimum Gasteiger partial charge on any atom is -0.456 e. The molecule has 0 aliphatic rings. The number of aromatic nitrogens is 4. The molecule has 4 aromatic rings. The SMILES string of the molecule is C[C@H](C(=O)OCc1nc(N)nc(Nc2ccc(Cl)cc2)n1)n1c(=O)oc2ccccc21. The van der Waals surface area contributed by atoms with Gasteiger partial charge in [-0.2, -0.15) is 15.0 Å². The zero-order valence-electron chi connectivity index (χ0n) is 16.3. The number of carbonyl (C=O) groups excluding carboxylic acids is 1. The lowest BCUT2D eigenvalue weighted by molar-refractivity contribution is -0.148. The largest absolute Gasteiger partial charge is 0.456 e. The van der Waals surface area contributed by atoms with Crippen LogP contribution in [0.4, 0.5) is 17.6 Å². The molecular formula is C20H17ClN6O4. The molecule has 2 aromatic carbocycles. The summed E-state index contributed by atoms with van der Waals surface area (Å²) < 4.78 is 11.7. The maximum atomic E-state index is 12.5. The van der Waals surface area contributed by atoms with Gasteiger partial charge in [0.25, 0.3) is 0 Å². The van der Waals surface area contributed by atoms with E-state index in [4.69, 9.17) is 26.5 Å². The number of esters is 1. The fourth-order valence-electron chi connectivity index (χ4n) is 2.93. The lowest BCUT2D eigenvalue weighted by Gasteiger charge is -2.12. The summed E-state index contributed by atoms with van der Waals surface area (Å²) in [6, 6.07) is 12.8. The first-order chi connectivity index (χ1) is 14.9. The molecule has 0 saturated heterocycles. The average Bonchev–Trinajstić information content (AvgIpc) is 3.08. The second kappa shape index (κ2) is 8.44. The van der Waals surface area contributed by atoms with Crippen molar-refractivity contribution in [3.63, 3.8) is 0 Å². The van der Waals surface area contributed by atoms with Crippen molar-refractivity contribution in [3.05, 3.63) is 69.9 Å². The molecule has 0 radical (unpaired) electrons. The number of para-hydroxylation sites is 2. The average molecular weight is 441 g/mol. The molecule has 0 unspecified atom stereocenters. The van der Waals surface area contributed by atoms with E-state index in [0.717, 1.165) is 0 Å².